The van der Waals surface area contributed by atoms with Crippen molar-refractivity contribution >= 4 is 17.2 Å². The minimum absolute atomic E-state index is 0.116. The summed E-state index contributed by atoms with van der Waals surface area (Å²) in [5.41, 5.74) is -2.17. The first-order valence-electron chi connectivity index (χ1n) is 8.77. The van der Waals surface area contributed by atoms with E-state index in [9.17, 15) is 22.8 Å². The SMILES string of the molecule is Cc1[nH]c2c(-c3ccccc3)c(C(F)(F)F)nn2c(=O)c1C(=O)Nc1ccncc1. The van der Waals surface area contributed by atoms with Crippen molar-refractivity contribution in [1.29, 1.82) is 0 Å². The van der Waals surface area contributed by atoms with Gasteiger partial charge in [-0.3, -0.25) is 14.6 Å². The zero-order valence-corrected chi connectivity index (χ0v) is 15.5. The van der Waals surface area contributed by atoms with Crippen molar-refractivity contribution < 1.29 is 18.0 Å². The number of aryl methyl sites for hydroxylation is 1. The predicted molar refractivity (Wildman–Crippen MR) is 103 cm³/mol. The van der Waals surface area contributed by atoms with Gasteiger partial charge >= 0.3 is 6.18 Å². The average molecular weight is 413 g/mol. The number of hydrogen-bond acceptors (Lipinski definition) is 4. The van der Waals surface area contributed by atoms with Gasteiger partial charge in [-0.05, 0) is 24.6 Å². The fourth-order valence-corrected chi connectivity index (χ4v) is 3.16. The Morgan fingerprint density at radius 2 is 1.77 bits per heavy atom. The maximum Gasteiger partial charge on any atom is 0.435 e. The van der Waals surface area contributed by atoms with Gasteiger partial charge in [-0.25, -0.2) is 0 Å². The minimum atomic E-state index is -4.80. The lowest BCUT2D eigenvalue weighted by atomic mass is 10.1. The molecule has 0 saturated carbocycles. The molecule has 0 bridgehead atoms. The molecule has 4 aromatic rings. The number of carbonyl (C=O) groups excluding carboxylic acids is 1. The summed E-state index contributed by atoms with van der Waals surface area (Å²) in [7, 11) is 0. The second-order valence-corrected chi connectivity index (χ2v) is 6.47. The third kappa shape index (κ3) is 3.32. The van der Waals surface area contributed by atoms with E-state index in [-0.39, 0.29) is 28.0 Å². The zero-order valence-electron chi connectivity index (χ0n) is 15.5. The van der Waals surface area contributed by atoms with Gasteiger partial charge in [0.05, 0.1) is 5.56 Å². The molecule has 7 nitrogen and oxygen atoms in total. The number of amides is 1. The second-order valence-electron chi connectivity index (χ2n) is 6.47. The summed E-state index contributed by atoms with van der Waals surface area (Å²) in [6.45, 7) is 1.44. The Hall–Kier alpha value is -3.95. The first-order chi connectivity index (χ1) is 14.3. The highest BCUT2D eigenvalue weighted by atomic mass is 19.4. The standard InChI is InChI=1S/C20H14F3N5O2/c1-11-14(18(29)26-13-7-9-24-10-8-13)19(30)28-17(25-11)15(12-5-3-2-4-6-12)16(27-28)20(21,22)23/h2-10,25H,1H3,(H,24,26,29). The lowest BCUT2D eigenvalue weighted by Crippen LogP contribution is -2.29. The van der Waals surface area contributed by atoms with Crippen molar-refractivity contribution in [3.8, 4) is 11.1 Å². The largest absolute Gasteiger partial charge is 0.435 e. The van der Waals surface area contributed by atoms with E-state index in [1.165, 1.54) is 43.6 Å². The van der Waals surface area contributed by atoms with E-state index >= 15 is 0 Å². The van der Waals surface area contributed by atoms with Crippen LogP contribution >= 0.6 is 0 Å². The lowest BCUT2D eigenvalue weighted by molar-refractivity contribution is -0.140. The third-order valence-electron chi connectivity index (χ3n) is 4.47. The fraction of sp³-hybridized carbons (Fsp3) is 0.100. The van der Waals surface area contributed by atoms with E-state index in [4.69, 9.17) is 0 Å². The summed E-state index contributed by atoms with van der Waals surface area (Å²) in [6, 6.07) is 10.8. The summed E-state index contributed by atoms with van der Waals surface area (Å²) in [5, 5.41) is 6.03. The van der Waals surface area contributed by atoms with Crippen molar-refractivity contribution in [1.82, 2.24) is 19.6 Å². The van der Waals surface area contributed by atoms with Crippen LogP contribution in [0.1, 0.15) is 21.7 Å². The first kappa shape index (κ1) is 19.4. The van der Waals surface area contributed by atoms with Crippen LogP contribution in [-0.2, 0) is 6.18 Å². The molecule has 0 fully saturated rings. The van der Waals surface area contributed by atoms with Crippen LogP contribution in [0.5, 0.6) is 0 Å². The molecule has 3 aromatic heterocycles. The van der Waals surface area contributed by atoms with Gasteiger partial charge in [0.25, 0.3) is 11.5 Å². The zero-order chi connectivity index (χ0) is 21.5. The minimum Gasteiger partial charge on any atom is -0.342 e. The van der Waals surface area contributed by atoms with Crippen molar-refractivity contribution in [3.05, 3.63) is 82.2 Å². The highest BCUT2D eigenvalue weighted by Gasteiger charge is 2.39. The molecular formula is C20H14F3N5O2. The molecular weight excluding hydrogens is 399 g/mol. The third-order valence-corrected chi connectivity index (χ3v) is 4.47. The molecule has 1 aromatic carbocycles. The van der Waals surface area contributed by atoms with E-state index < -0.39 is 23.3 Å². The van der Waals surface area contributed by atoms with Gasteiger partial charge in [-0.1, -0.05) is 30.3 Å². The Balaban J connectivity index is 1.93. The monoisotopic (exact) mass is 413 g/mol. The number of H-pyrrole nitrogens is 1. The van der Waals surface area contributed by atoms with Gasteiger partial charge in [0.2, 0.25) is 0 Å². The number of rotatable bonds is 3. The Labute approximate surface area is 167 Å². The van der Waals surface area contributed by atoms with Crippen LogP contribution in [0.15, 0.2) is 59.7 Å². The highest BCUT2D eigenvalue weighted by Crippen LogP contribution is 2.38. The summed E-state index contributed by atoms with van der Waals surface area (Å²) in [6.07, 6.45) is -1.90. The quantitative estimate of drug-likeness (QED) is 0.536. The lowest BCUT2D eigenvalue weighted by Gasteiger charge is -2.09. The summed E-state index contributed by atoms with van der Waals surface area (Å²) < 4.78 is 41.6. The van der Waals surface area contributed by atoms with Crippen molar-refractivity contribution in [2.24, 2.45) is 0 Å². The summed E-state index contributed by atoms with van der Waals surface area (Å²) in [4.78, 5) is 32.2. The normalized spacial score (nSPS) is 11.6. The van der Waals surface area contributed by atoms with Gasteiger partial charge < -0.3 is 10.3 Å². The van der Waals surface area contributed by atoms with Gasteiger partial charge in [0.15, 0.2) is 5.69 Å². The predicted octanol–water partition coefficient (Wildman–Crippen LogP) is 3.66. The molecule has 0 aliphatic carbocycles. The molecule has 0 spiro atoms. The van der Waals surface area contributed by atoms with E-state index in [2.05, 4.69) is 20.4 Å². The average Bonchev–Trinajstić information content (AvgIpc) is 3.09. The van der Waals surface area contributed by atoms with Crippen LogP contribution in [0.2, 0.25) is 0 Å². The number of aromatic nitrogens is 4. The number of aromatic amines is 1. The van der Waals surface area contributed by atoms with Crippen molar-refractivity contribution in [3.63, 3.8) is 0 Å². The number of hydrogen-bond donors (Lipinski definition) is 2. The van der Waals surface area contributed by atoms with Crippen LogP contribution in [0, 0.1) is 6.92 Å². The molecule has 0 aliphatic rings. The van der Waals surface area contributed by atoms with Crippen LogP contribution in [0.3, 0.4) is 0 Å². The molecule has 4 rings (SSSR count). The van der Waals surface area contributed by atoms with Crippen molar-refractivity contribution in [2.75, 3.05) is 5.32 Å². The molecule has 0 radical (unpaired) electrons. The maximum absolute atomic E-state index is 13.7. The van der Waals surface area contributed by atoms with Gasteiger partial charge in [-0.15, -0.1) is 0 Å². The molecule has 2 N–H and O–H groups in total. The molecule has 0 atom stereocenters. The molecule has 10 heteroatoms. The number of fused-ring (bicyclic) bond motifs is 1. The molecule has 152 valence electrons. The maximum atomic E-state index is 13.7. The number of halogens is 3. The van der Waals surface area contributed by atoms with Gasteiger partial charge in [0, 0.05) is 23.8 Å². The van der Waals surface area contributed by atoms with E-state index in [1.54, 1.807) is 18.2 Å². The number of pyridine rings is 1. The van der Waals surface area contributed by atoms with Gasteiger partial charge in [0.1, 0.15) is 11.2 Å². The van der Waals surface area contributed by atoms with E-state index in [1.807, 2.05) is 0 Å². The topological polar surface area (TPSA) is 92.2 Å². The number of nitrogens with one attached hydrogen (secondary N) is 2. The Morgan fingerprint density at radius 1 is 1.10 bits per heavy atom. The van der Waals surface area contributed by atoms with E-state index in [0.717, 1.165) is 0 Å². The Morgan fingerprint density at radius 3 is 2.40 bits per heavy atom. The number of alkyl halides is 3. The number of benzene rings is 1. The van der Waals surface area contributed by atoms with Crippen molar-refractivity contribution in [2.45, 2.75) is 13.1 Å². The molecule has 0 aliphatic heterocycles. The number of nitrogens with zero attached hydrogens (tertiary/aromatic N) is 3. The van der Waals surface area contributed by atoms with Crippen LogP contribution in [0.4, 0.5) is 18.9 Å². The first-order valence-corrected chi connectivity index (χ1v) is 8.77. The molecule has 1 amide bonds. The fourth-order valence-electron chi connectivity index (χ4n) is 3.16. The second kappa shape index (κ2) is 7.14. The van der Waals surface area contributed by atoms with Gasteiger partial charge in [-0.2, -0.15) is 22.8 Å². The van der Waals surface area contributed by atoms with Crippen LogP contribution in [0.25, 0.3) is 16.8 Å². The van der Waals surface area contributed by atoms with Crippen LogP contribution in [-0.4, -0.2) is 25.5 Å². The highest BCUT2D eigenvalue weighted by molar-refractivity contribution is 6.05. The summed E-state index contributed by atoms with van der Waals surface area (Å²) >= 11 is 0. The smallest absolute Gasteiger partial charge is 0.342 e. The van der Waals surface area contributed by atoms with Crippen LogP contribution < -0.4 is 10.9 Å². The summed E-state index contributed by atoms with van der Waals surface area (Å²) in [5.74, 6) is -0.771. The molecule has 3 heterocycles. The van der Waals surface area contributed by atoms with E-state index in [0.29, 0.717) is 10.2 Å². The number of anilines is 1. The number of carbonyl (C=O) groups is 1. The Bertz CT molecular complexity index is 1300. The Kier molecular flexibility index (Phi) is 4.61. The molecule has 30 heavy (non-hydrogen) atoms. The molecule has 0 unspecified atom stereocenters. The molecule has 0 saturated heterocycles.